The molecule has 0 radical (unpaired) electrons. The highest BCUT2D eigenvalue weighted by Crippen LogP contribution is 2.38. The highest BCUT2D eigenvalue weighted by molar-refractivity contribution is 7.80. The molecule has 2 nitrogen and oxygen atoms in total. The lowest BCUT2D eigenvalue weighted by Gasteiger charge is -1.98. The van der Waals surface area contributed by atoms with E-state index in [1.54, 1.807) is 12.1 Å². The standard InChI is InChI=1S/C8H7NOS2/c9-4-1-2-5(10)7-6(11)3-12-8(4)7/h1-3,10-11H,9H2. The van der Waals surface area contributed by atoms with Gasteiger partial charge in [0.2, 0.25) is 0 Å². The Hall–Kier alpha value is -0.870. The number of fused-ring (bicyclic) bond motifs is 1. The van der Waals surface area contributed by atoms with E-state index in [0.717, 1.165) is 15.0 Å². The Kier molecular flexibility index (Phi) is 1.66. The zero-order valence-corrected chi connectivity index (χ0v) is 7.82. The van der Waals surface area contributed by atoms with Gasteiger partial charge in [0.05, 0.1) is 4.70 Å². The van der Waals surface area contributed by atoms with Crippen LogP contribution in [0.1, 0.15) is 0 Å². The van der Waals surface area contributed by atoms with Crippen molar-refractivity contribution in [3.8, 4) is 5.75 Å². The topological polar surface area (TPSA) is 46.2 Å². The molecule has 0 saturated carbocycles. The maximum absolute atomic E-state index is 9.47. The summed E-state index contributed by atoms with van der Waals surface area (Å²) in [5, 5.41) is 12.1. The third-order valence-electron chi connectivity index (χ3n) is 1.71. The predicted octanol–water partition coefficient (Wildman–Crippen LogP) is 2.48. The highest BCUT2D eigenvalue weighted by atomic mass is 32.1. The maximum Gasteiger partial charge on any atom is 0.125 e. The van der Waals surface area contributed by atoms with Crippen molar-refractivity contribution in [2.24, 2.45) is 0 Å². The molecule has 2 rings (SSSR count). The minimum atomic E-state index is 0.241. The summed E-state index contributed by atoms with van der Waals surface area (Å²) in [4.78, 5) is 0.778. The van der Waals surface area contributed by atoms with E-state index in [9.17, 15) is 5.11 Å². The molecule has 2 aromatic rings. The fourth-order valence-electron chi connectivity index (χ4n) is 1.14. The second-order valence-corrected chi connectivity index (χ2v) is 3.86. The van der Waals surface area contributed by atoms with E-state index in [-0.39, 0.29) is 5.75 Å². The number of thiophene rings is 1. The lowest BCUT2D eigenvalue weighted by Crippen LogP contribution is -1.83. The number of nitrogens with two attached hydrogens (primary N) is 1. The van der Waals surface area contributed by atoms with Crippen molar-refractivity contribution in [2.45, 2.75) is 4.90 Å². The second kappa shape index (κ2) is 2.57. The zero-order chi connectivity index (χ0) is 8.72. The predicted molar refractivity (Wildman–Crippen MR) is 55.2 cm³/mol. The van der Waals surface area contributed by atoms with Crippen molar-refractivity contribution in [1.82, 2.24) is 0 Å². The average molecular weight is 197 g/mol. The number of phenols is 1. The molecule has 0 aliphatic rings. The molecule has 12 heavy (non-hydrogen) atoms. The number of hydrogen-bond acceptors (Lipinski definition) is 4. The molecule has 0 amide bonds. The second-order valence-electron chi connectivity index (χ2n) is 2.50. The number of aromatic hydroxyl groups is 1. The Morgan fingerprint density at radius 1 is 1.42 bits per heavy atom. The van der Waals surface area contributed by atoms with Crippen molar-refractivity contribution < 1.29 is 5.11 Å². The molecule has 1 heterocycles. The van der Waals surface area contributed by atoms with Crippen LogP contribution in [0, 0.1) is 0 Å². The normalized spacial score (nSPS) is 10.8. The van der Waals surface area contributed by atoms with Crippen LogP contribution in [0.3, 0.4) is 0 Å². The van der Waals surface area contributed by atoms with E-state index >= 15 is 0 Å². The summed E-state index contributed by atoms with van der Waals surface area (Å²) in [6.45, 7) is 0. The van der Waals surface area contributed by atoms with Gasteiger partial charge in [-0.05, 0) is 12.1 Å². The zero-order valence-electron chi connectivity index (χ0n) is 6.11. The van der Waals surface area contributed by atoms with Crippen LogP contribution in [0.5, 0.6) is 5.75 Å². The monoisotopic (exact) mass is 197 g/mol. The molecule has 0 spiro atoms. The SMILES string of the molecule is Nc1ccc(O)c2c(S)csc12. The summed E-state index contributed by atoms with van der Waals surface area (Å²) in [5.74, 6) is 0.241. The van der Waals surface area contributed by atoms with E-state index in [0.29, 0.717) is 5.69 Å². The largest absolute Gasteiger partial charge is 0.507 e. The molecule has 3 N–H and O–H groups in total. The molecular formula is C8H7NOS2. The lowest BCUT2D eigenvalue weighted by molar-refractivity contribution is 0.481. The lowest BCUT2D eigenvalue weighted by atomic mass is 10.2. The fourth-order valence-corrected chi connectivity index (χ4v) is 2.48. The third-order valence-corrected chi connectivity index (χ3v) is 3.27. The molecule has 0 aliphatic heterocycles. The van der Waals surface area contributed by atoms with Crippen molar-refractivity contribution in [2.75, 3.05) is 5.73 Å². The first-order valence-electron chi connectivity index (χ1n) is 3.38. The van der Waals surface area contributed by atoms with Gasteiger partial charge in [0, 0.05) is 21.3 Å². The summed E-state index contributed by atoms with van der Waals surface area (Å²) in [7, 11) is 0. The van der Waals surface area contributed by atoms with Crippen LogP contribution in [0.15, 0.2) is 22.4 Å². The Bertz CT molecular complexity index is 436. The van der Waals surface area contributed by atoms with Gasteiger partial charge in [-0.15, -0.1) is 24.0 Å². The summed E-state index contributed by atoms with van der Waals surface area (Å²) in [5.41, 5.74) is 6.39. The molecule has 1 aromatic heterocycles. The van der Waals surface area contributed by atoms with Crippen LogP contribution in [0.2, 0.25) is 0 Å². The Balaban J connectivity index is 2.98. The van der Waals surface area contributed by atoms with Crippen molar-refractivity contribution >= 4 is 39.7 Å². The van der Waals surface area contributed by atoms with Crippen LogP contribution in [0.25, 0.3) is 10.1 Å². The van der Waals surface area contributed by atoms with Gasteiger partial charge in [0.25, 0.3) is 0 Å². The van der Waals surface area contributed by atoms with Gasteiger partial charge >= 0.3 is 0 Å². The molecule has 1 aromatic carbocycles. The molecular weight excluding hydrogens is 190 g/mol. The number of anilines is 1. The number of thiol groups is 1. The molecule has 0 saturated heterocycles. The fraction of sp³-hybridized carbons (Fsp3) is 0. The highest BCUT2D eigenvalue weighted by Gasteiger charge is 2.07. The molecule has 0 bridgehead atoms. The first kappa shape index (κ1) is 7.76. The van der Waals surface area contributed by atoms with E-state index in [1.165, 1.54) is 11.3 Å². The number of hydrogen-bond donors (Lipinski definition) is 3. The van der Waals surface area contributed by atoms with E-state index in [4.69, 9.17) is 5.73 Å². The number of benzene rings is 1. The van der Waals surface area contributed by atoms with Crippen LogP contribution >= 0.6 is 24.0 Å². The van der Waals surface area contributed by atoms with E-state index < -0.39 is 0 Å². The molecule has 4 heteroatoms. The maximum atomic E-state index is 9.47. The molecule has 62 valence electrons. The minimum absolute atomic E-state index is 0.241. The number of rotatable bonds is 0. The van der Waals surface area contributed by atoms with E-state index in [1.807, 2.05) is 5.38 Å². The van der Waals surface area contributed by atoms with Crippen molar-refractivity contribution in [1.29, 1.82) is 0 Å². The van der Waals surface area contributed by atoms with Gasteiger partial charge in [-0.25, -0.2) is 0 Å². The molecule has 0 aliphatic carbocycles. The van der Waals surface area contributed by atoms with Crippen molar-refractivity contribution in [3.05, 3.63) is 17.5 Å². The van der Waals surface area contributed by atoms with E-state index in [2.05, 4.69) is 12.6 Å². The quantitative estimate of drug-likeness (QED) is 0.345. The summed E-state index contributed by atoms with van der Waals surface area (Å²) in [6.07, 6.45) is 0. The van der Waals surface area contributed by atoms with Crippen molar-refractivity contribution in [3.63, 3.8) is 0 Å². The van der Waals surface area contributed by atoms with Gasteiger partial charge < -0.3 is 10.8 Å². The number of nitrogen functional groups attached to an aromatic ring is 1. The van der Waals surface area contributed by atoms with Crippen LogP contribution in [-0.2, 0) is 0 Å². The molecule has 0 fully saturated rings. The Morgan fingerprint density at radius 3 is 2.83 bits per heavy atom. The van der Waals surface area contributed by atoms with Gasteiger partial charge in [-0.2, -0.15) is 0 Å². The smallest absolute Gasteiger partial charge is 0.125 e. The average Bonchev–Trinajstić information content (AvgIpc) is 2.42. The Labute approximate surface area is 79.0 Å². The van der Waals surface area contributed by atoms with Gasteiger partial charge in [-0.1, -0.05) is 0 Å². The first-order valence-corrected chi connectivity index (χ1v) is 4.70. The van der Waals surface area contributed by atoms with Gasteiger partial charge in [0.15, 0.2) is 0 Å². The Morgan fingerprint density at radius 2 is 2.17 bits per heavy atom. The summed E-state index contributed by atoms with van der Waals surface area (Å²) >= 11 is 5.71. The molecule has 0 unspecified atom stereocenters. The molecule has 0 atom stereocenters. The third kappa shape index (κ3) is 0.956. The minimum Gasteiger partial charge on any atom is -0.507 e. The number of phenolic OH excluding ortho intramolecular Hbond substituents is 1. The van der Waals surface area contributed by atoms with Gasteiger partial charge in [0.1, 0.15) is 5.75 Å². The first-order chi connectivity index (χ1) is 5.70. The van der Waals surface area contributed by atoms with Crippen LogP contribution < -0.4 is 5.73 Å². The summed E-state index contributed by atoms with van der Waals surface area (Å²) < 4.78 is 0.903. The van der Waals surface area contributed by atoms with Crippen LogP contribution in [0.4, 0.5) is 5.69 Å². The van der Waals surface area contributed by atoms with Crippen LogP contribution in [-0.4, -0.2) is 5.11 Å². The van der Waals surface area contributed by atoms with Gasteiger partial charge in [-0.3, -0.25) is 0 Å². The summed E-state index contributed by atoms with van der Waals surface area (Å²) in [6, 6.07) is 3.28.